The van der Waals surface area contributed by atoms with Gasteiger partial charge in [0.25, 0.3) is 0 Å². The maximum atomic E-state index is 4.68. The molecule has 0 aromatic carbocycles. The zero-order valence-corrected chi connectivity index (χ0v) is 12.9. The second-order valence-electron chi connectivity index (χ2n) is 5.67. The summed E-state index contributed by atoms with van der Waals surface area (Å²) < 4.78 is 0. The van der Waals surface area contributed by atoms with Gasteiger partial charge in [0.15, 0.2) is 11.5 Å². The van der Waals surface area contributed by atoms with Crippen molar-refractivity contribution in [2.45, 2.75) is 25.8 Å². The Hall–Kier alpha value is -1.89. The second-order valence-corrected chi connectivity index (χ2v) is 5.67. The first-order valence-corrected chi connectivity index (χ1v) is 7.55. The third-order valence-corrected chi connectivity index (χ3v) is 4.08. The van der Waals surface area contributed by atoms with Crippen molar-refractivity contribution in [3.05, 3.63) is 6.33 Å². The quantitative estimate of drug-likeness (QED) is 0.884. The van der Waals surface area contributed by atoms with Crippen LogP contribution in [0.1, 0.15) is 19.8 Å². The van der Waals surface area contributed by atoms with Crippen LogP contribution in [0.5, 0.6) is 0 Å². The number of nitrogens with one attached hydrogen (secondary N) is 2. The Balaban J connectivity index is 1.95. The van der Waals surface area contributed by atoms with Crippen LogP contribution in [0.25, 0.3) is 11.2 Å². The number of hydrogen-bond acceptors (Lipinski definition) is 6. The van der Waals surface area contributed by atoms with E-state index in [1.807, 2.05) is 6.92 Å². The molecule has 2 aromatic rings. The number of aromatic amines is 1. The van der Waals surface area contributed by atoms with Crippen LogP contribution < -0.4 is 10.2 Å². The summed E-state index contributed by atoms with van der Waals surface area (Å²) in [5.74, 6) is 1.57. The van der Waals surface area contributed by atoms with Gasteiger partial charge in [-0.1, -0.05) is 0 Å². The fourth-order valence-corrected chi connectivity index (χ4v) is 2.94. The van der Waals surface area contributed by atoms with Gasteiger partial charge in [-0.15, -0.1) is 0 Å². The third-order valence-electron chi connectivity index (χ3n) is 4.08. The molecule has 0 bridgehead atoms. The maximum Gasteiger partial charge on any atom is 0.226 e. The van der Waals surface area contributed by atoms with Crippen molar-refractivity contribution in [2.75, 3.05) is 43.9 Å². The second kappa shape index (κ2) is 5.85. The average molecular weight is 289 g/mol. The van der Waals surface area contributed by atoms with Crippen molar-refractivity contribution in [1.82, 2.24) is 24.8 Å². The van der Waals surface area contributed by atoms with Crippen LogP contribution in [-0.4, -0.2) is 64.6 Å². The minimum absolute atomic E-state index is 0.472. The number of piperidine rings is 1. The lowest BCUT2D eigenvalue weighted by Crippen LogP contribution is -2.45. The van der Waals surface area contributed by atoms with E-state index in [4.69, 9.17) is 0 Å². The number of anilines is 2. The molecule has 1 fully saturated rings. The predicted octanol–water partition coefficient (Wildman–Crippen LogP) is 1.32. The molecule has 7 nitrogen and oxygen atoms in total. The zero-order chi connectivity index (χ0) is 14.8. The summed E-state index contributed by atoms with van der Waals surface area (Å²) in [7, 11) is 4.29. The van der Waals surface area contributed by atoms with Gasteiger partial charge in [-0.25, -0.2) is 4.98 Å². The molecule has 0 spiro atoms. The molecule has 1 aliphatic heterocycles. The molecule has 1 unspecified atom stereocenters. The molecule has 0 aliphatic carbocycles. The number of imidazole rings is 1. The summed E-state index contributed by atoms with van der Waals surface area (Å²) in [6.07, 6.45) is 4.10. The van der Waals surface area contributed by atoms with Crippen LogP contribution >= 0.6 is 0 Å². The van der Waals surface area contributed by atoms with Crippen LogP contribution in [0.3, 0.4) is 0 Å². The Morgan fingerprint density at radius 2 is 2.33 bits per heavy atom. The number of aromatic nitrogens is 4. The lowest BCUT2D eigenvalue weighted by molar-refractivity contribution is 0.247. The highest BCUT2D eigenvalue weighted by Gasteiger charge is 2.24. The van der Waals surface area contributed by atoms with Crippen LogP contribution in [0.4, 0.5) is 11.8 Å². The molecule has 114 valence electrons. The highest BCUT2D eigenvalue weighted by atomic mass is 15.3. The van der Waals surface area contributed by atoms with Crippen molar-refractivity contribution in [3.63, 3.8) is 0 Å². The fourth-order valence-electron chi connectivity index (χ4n) is 2.94. The number of H-pyrrole nitrogens is 1. The Morgan fingerprint density at radius 1 is 1.48 bits per heavy atom. The van der Waals surface area contributed by atoms with Gasteiger partial charge in [0.1, 0.15) is 5.52 Å². The number of nitrogens with zero attached hydrogens (tertiary/aromatic N) is 5. The molecular formula is C14H23N7. The number of rotatable bonds is 4. The van der Waals surface area contributed by atoms with Gasteiger partial charge in [-0.2, -0.15) is 9.97 Å². The highest BCUT2D eigenvalue weighted by molar-refractivity contribution is 5.84. The van der Waals surface area contributed by atoms with E-state index in [2.05, 4.69) is 49.1 Å². The normalized spacial score (nSPS) is 19.9. The SMILES string of the molecule is CCNc1nc(N(C)C2CCCN(C)C2)c2[nH]cnc2n1. The van der Waals surface area contributed by atoms with Gasteiger partial charge in [-0.05, 0) is 33.4 Å². The molecule has 1 aliphatic rings. The largest absolute Gasteiger partial charge is 0.354 e. The molecule has 0 saturated carbocycles. The van der Waals surface area contributed by atoms with E-state index in [0.717, 1.165) is 24.4 Å². The van der Waals surface area contributed by atoms with Gasteiger partial charge >= 0.3 is 0 Å². The molecular weight excluding hydrogens is 266 g/mol. The molecule has 3 rings (SSSR count). The molecule has 7 heteroatoms. The zero-order valence-electron chi connectivity index (χ0n) is 12.9. The Labute approximate surface area is 124 Å². The molecule has 21 heavy (non-hydrogen) atoms. The highest BCUT2D eigenvalue weighted by Crippen LogP contribution is 2.25. The van der Waals surface area contributed by atoms with Gasteiger partial charge in [0.2, 0.25) is 5.95 Å². The molecule has 2 aromatic heterocycles. The topological polar surface area (TPSA) is 73.0 Å². The number of fused-ring (bicyclic) bond motifs is 1. The predicted molar refractivity (Wildman–Crippen MR) is 84.8 cm³/mol. The lowest BCUT2D eigenvalue weighted by Gasteiger charge is -2.36. The summed E-state index contributed by atoms with van der Waals surface area (Å²) in [4.78, 5) is 21.2. The molecule has 0 amide bonds. The number of hydrogen-bond donors (Lipinski definition) is 2. The van der Waals surface area contributed by atoms with Crippen molar-refractivity contribution in [2.24, 2.45) is 0 Å². The summed E-state index contributed by atoms with van der Waals surface area (Å²) in [6.45, 7) is 5.08. The van der Waals surface area contributed by atoms with Gasteiger partial charge < -0.3 is 20.1 Å². The minimum atomic E-state index is 0.472. The number of likely N-dealkylation sites (N-methyl/N-ethyl adjacent to an activating group) is 2. The first kappa shape index (κ1) is 14.1. The Morgan fingerprint density at radius 3 is 3.10 bits per heavy atom. The third kappa shape index (κ3) is 2.78. The maximum absolute atomic E-state index is 4.68. The minimum Gasteiger partial charge on any atom is -0.354 e. The van der Waals surface area contributed by atoms with Crippen LogP contribution in [0.15, 0.2) is 6.33 Å². The monoisotopic (exact) mass is 289 g/mol. The van der Waals surface area contributed by atoms with Gasteiger partial charge in [0.05, 0.1) is 6.33 Å². The van der Waals surface area contributed by atoms with Crippen molar-refractivity contribution in [3.8, 4) is 0 Å². The molecule has 1 saturated heterocycles. The van der Waals surface area contributed by atoms with Crippen LogP contribution in [0, 0.1) is 0 Å². The van der Waals surface area contributed by atoms with Crippen molar-refractivity contribution in [1.29, 1.82) is 0 Å². The first-order chi connectivity index (χ1) is 10.2. The van der Waals surface area contributed by atoms with E-state index in [1.165, 1.54) is 19.4 Å². The standard InChI is InChI=1S/C14H23N7/c1-4-15-14-18-12-11(16-9-17-12)13(19-14)21(3)10-6-5-7-20(2)8-10/h9-10H,4-8H2,1-3H3,(H2,15,16,17,18,19). The summed E-state index contributed by atoms with van der Waals surface area (Å²) in [6, 6.07) is 0.472. The summed E-state index contributed by atoms with van der Waals surface area (Å²) >= 11 is 0. The van der Waals surface area contributed by atoms with Gasteiger partial charge in [-0.3, -0.25) is 0 Å². The molecule has 1 atom stereocenters. The Kier molecular flexibility index (Phi) is 3.92. The Bertz CT molecular complexity index is 608. The van der Waals surface area contributed by atoms with E-state index >= 15 is 0 Å². The van der Waals surface area contributed by atoms with E-state index in [1.54, 1.807) is 6.33 Å². The summed E-state index contributed by atoms with van der Waals surface area (Å²) in [5, 5.41) is 3.18. The molecule has 3 heterocycles. The first-order valence-electron chi connectivity index (χ1n) is 7.55. The number of likely N-dealkylation sites (tertiary alicyclic amines) is 1. The van der Waals surface area contributed by atoms with Crippen LogP contribution in [0.2, 0.25) is 0 Å². The lowest BCUT2D eigenvalue weighted by atomic mass is 10.1. The van der Waals surface area contributed by atoms with Gasteiger partial charge in [0, 0.05) is 26.2 Å². The smallest absolute Gasteiger partial charge is 0.226 e. The van der Waals surface area contributed by atoms with Crippen LogP contribution in [-0.2, 0) is 0 Å². The van der Waals surface area contributed by atoms with E-state index in [-0.39, 0.29) is 0 Å². The fraction of sp³-hybridized carbons (Fsp3) is 0.643. The average Bonchev–Trinajstić information content (AvgIpc) is 2.94. The summed E-state index contributed by atoms with van der Waals surface area (Å²) in [5.41, 5.74) is 1.62. The molecule has 0 radical (unpaired) electrons. The van der Waals surface area contributed by atoms with Crippen molar-refractivity contribution >= 4 is 22.9 Å². The van der Waals surface area contributed by atoms with E-state index in [9.17, 15) is 0 Å². The molecule has 2 N–H and O–H groups in total. The van der Waals surface area contributed by atoms with E-state index in [0.29, 0.717) is 17.6 Å². The van der Waals surface area contributed by atoms with E-state index < -0.39 is 0 Å². The van der Waals surface area contributed by atoms with Crippen molar-refractivity contribution < 1.29 is 0 Å².